The zero-order chi connectivity index (χ0) is 14.7. The van der Waals surface area contributed by atoms with E-state index < -0.39 is 5.97 Å². The lowest BCUT2D eigenvalue weighted by Gasteiger charge is -2.36. The van der Waals surface area contributed by atoms with Gasteiger partial charge in [0.25, 0.3) is 0 Å². The van der Waals surface area contributed by atoms with Gasteiger partial charge in [0.15, 0.2) is 0 Å². The number of carbonyl (C=O) groups is 2. The van der Waals surface area contributed by atoms with E-state index in [1.807, 2.05) is 13.8 Å². The highest BCUT2D eigenvalue weighted by molar-refractivity contribution is 5.76. The van der Waals surface area contributed by atoms with Crippen molar-refractivity contribution in [1.82, 2.24) is 20.2 Å². The van der Waals surface area contributed by atoms with E-state index >= 15 is 0 Å². The summed E-state index contributed by atoms with van der Waals surface area (Å²) < 4.78 is 0. The van der Waals surface area contributed by atoms with Crippen LogP contribution in [0.2, 0.25) is 0 Å². The first-order valence-electron chi connectivity index (χ1n) is 6.78. The molecule has 0 saturated carbocycles. The number of hydrogen-bond acceptors (Lipinski definition) is 3. The van der Waals surface area contributed by atoms with Crippen molar-refractivity contribution < 1.29 is 14.7 Å². The molecule has 7 heteroatoms. The molecular formula is C13H20N4O3. The van der Waals surface area contributed by atoms with Gasteiger partial charge >= 0.3 is 12.0 Å². The molecule has 0 radical (unpaired) electrons. The molecule has 0 aromatic carbocycles. The Bertz CT molecular complexity index is 474. The summed E-state index contributed by atoms with van der Waals surface area (Å²) in [6.45, 7) is 4.20. The van der Waals surface area contributed by atoms with Crippen molar-refractivity contribution in [2.45, 2.75) is 38.8 Å². The lowest BCUT2D eigenvalue weighted by atomic mass is 9.92. The van der Waals surface area contributed by atoms with Crippen LogP contribution in [0.15, 0.2) is 12.4 Å². The summed E-state index contributed by atoms with van der Waals surface area (Å²) in [7, 11) is 0. The minimum atomic E-state index is -0.777. The molecule has 3 unspecified atom stereocenters. The summed E-state index contributed by atoms with van der Waals surface area (Å²) in [6.07, 6.45) is 4.35. The van der Waals surface area contributed by atoms with Gasteiger partial charge < -0.3 is 20.3 Å². The van der Waals surface area contributed by atoms with Crippen LogP contribution >= 0.6 is 0 Å². The molecule has 3 N–H and O–H groups in total. The summed E-state index contributed by atoms with van der Waals surface area (Å²) in [6, 6.07) is -0.458. The molecule has 2 heterocycles. The molecule has 1 fully saturated rings. The number of piperidine rings is 1. The van der Waals surface area contributed by atoms with Crippen LogP contribution in [-0.2, 0) is 4.79 Å². The molecule has 0 aliphatic carbocycles. The molecule has 110 valence electrons. The minimum Gasteiger partial charge on any atom is -0.481 e. The molecule has 0 bridgehead atoms. The van der Waals surface area contributed by atoms with Gasteiger partial charge in [0.1, 0.15) is 5.82 Å². The Morgan fingerprint density at radius 2 is 2.35 bits per heavy atom. The van der Waals surface area contributed by atoms with Crippen LogP contribution in [0.1, 0.15) is 38.6 Å². The molecule has 1 saturated heterocycles. The fourth-order valence-corrected chi connectivity index (χ4v) is 2.55. The number of rotatable bonds is 3. The first kappa shape index (κ1) is 14.4. The monoisotopic (exact) mass is 280 g/mol. The topological polar surface area (TPSA) is 98.3 Å². The fraction of sp³-hybridized carbons (Fsp3) is 0.615. The molecule has 0 spiro atoms. The zero-order valence-electron chi connectivity index (χ0n) is 11.7. The molecule has 7 nitrogen and oxygen atoms in total. The lowest BCUT2D eigenvalue weighted by molar-refractivity contribution is -0.143. The van der Waals surface area contributed by atoms with Crippen LogP contribution in [0.4, 0.5) is 4.79 Å². The summed E-state index contributed by atoms with van der Waals surface area (Å²) in [5, 5.41) is 11.9. The average Bonchev–Trinajstić information content (AvgIpc) is 2.92. The number of carbonyl (C=O) groups excluding carboxylic acids is 1. The maximum atomic E-state index is 12.2. The maximum Gasteiger partial charge on any atom is 0.318 e. The van der Waals surface area contributed by atoms with Crippen molar-refractivity contribution in [1.29, 1.82) is 0 Å². The Balaban J connectivity index is 1.91. The van der Waals surface area contributed by atoms with Crippen LogP contribution in [0.25, 0.3) is 0 Å². The van der Waals surface area contributed by atoms with Gasteiger partial charge in [0.2, 0.25) is 0 Å². The van der Waals surface area contributed by atoms with Crippen molar-refractivity contribution >= 4 is 12.0 Å². The molecule has 3 atom stereocenters. The van der Waals surface area contributed by atoms with Crippen LogP contribution in [-0.4, -0.2) is 44.6 Å². The molecular weight excluding hydrogens is 260 g/mol. The number of carboxylic acids is 1. The number of H-pyrrole nitrogens is 1. The fourth-order valence-electron chi connectivity index (χ4n) is 2.55. The van der Waals surface area contributed by atoms with Gasteiger partial charge in [-0.1, -0.05) is 0 Å². The van der Waals surface area contributed by atoms with E-state index in [0.717, 1.165) is 0 Å². The third-order valence-corrected chi connectivity index (χ3v) is 3.76. The molecule has 20 heavy (non-hydrogen) atoms. The third kappa shape index (κ3) is 3.09. The van der Waals surface area contributed by atoms with Gasteiger partial charge in [-0.2, -0.15) is 0 Å². The number of urea groups is 1. The van der Waals surface area contributed by atoms with E-state index in [2.05, 4.69) is 15.3 Å². The number of aromatic nitrogens is 2. The SMILES string of the molecule is CC(NC(=O)N1CCC(C(=O)O)CC1C)c1ncc[nH]1. The number of nitrogens with zero attached hydrogens (tertiary/aromatic N) is 2. The van der Waals surface area contributed by atoms with Crippen molar-refractivity contribution in [3.63, 3.8) is 0 Å². The number of hydrogen-bond donors (Lipinski definition) is 3. The number of aromatic amines is 1. The summed E-state index contributed by atoms with van der Waals surface area (Å²) in [5.41, 5.74) is 0. The second-order valence-corrected chi connectivity index (χ2v) is 5.25. The quantitative estimate of drug-likeness (QED) is 0.778. The van der Waals surface area contributed by atoms with Gasteiger partial charge in [-0.05, 0) is 26.7 Å². The second-order valence-electron chi connectivity index (χ2n) is 5.25. The van der Waals surface area contributed by atoms with Gasteiger partial charge in [0, 0.05) is 25.0 Å². The third-order valence-electron chi connectivity index (χ3n) is 3.76. The van der Waals surface area contributed by atoms with E-state index in [1.165, 1.54) is 0 Å². The van der Waals surface area contributed by atoms with Gasteiger partial charge in [-0.15, -0.1) is 0 Å². The smallest absolute Gasteiger partial charge is 0.318 e. The number of imidazole rings is 1. The lowest BCUT2D eigenvalue weighted by Crippen LogP contribution is -2.50. The summed E-state index contributed by atoms with van der Waals surface area (Å²) >= 11 is 0. The maximum absolute atomic E-state index is 12.2. The summed E-state index contributed by atoms with van der Waals surface area (Å²) in [4.78, 5) is 31.9. The van der Waals surface area contributed by atoms with E-state index in [1.54, 1.807) is 17.3 Å². The summed E-state index contributed by atoms with van der Waals surface area (Å²) in [5.74, 6) is -0.427. The molecule has 1 aliphatic rings. The van der Waals surface area contributed by atoms with Crippen LogP contribution in [0.3, 0.4) is 0 Å². The van der Waals surface area contributed by atoms with Crippen LogP contribution in [0, 0.1) is 5.92 Å². The molecule has 2 amide bonds. The number of nitrogens with one attached hydrogen (secondary N) is 2. The number of likely N-dealkylation sites (tertiary alicyclic amines) is 1. The highest BCUT2D eigenvalue weighted by Crippen LogP contribution is 2.23. The predicted octanol–water partition coefficient (Wildman–Crippen LogP) is 1.37. The Kier molecular flexibility index (Phi) is 4.26. The highest BCUT2D eigenvalue weighted by Gasteiger charge is 2.32. The molecule has 1 aromatic rings. The predicted molar refractivity (Wildman–Crippen MR) is 72.1 cm³/mol. The molecule has 1 aromatic heterocycles. The van der Waals surface area contributed by atoms with Crippen molar-refractivity contribution in [2.24, 2.45) is 5.92 Å². The van der Waals surface area contributed by atoms with E-state index in [-0.39, 0.29) is 24.0 Å². The number of aliphatic carboxylic acids is 1. The first-order valence-corrected chi connectivity index (χ1v) is 6.78. The van der Waals surface area contributed by atoms with E-state index in [9.17, 15) is 9.59 Å². The van der Waals surface area contributed by atoms with Crippen molar-refractivity contribution in [3.8, 4) is 0 Å². The normalized spacial score (nSPS) is 24.2. The Hall–Kier alpha value is -2.05. The Morgan fingerprint density at radius 3 is 2.90 bits per heavy atom. The van der Waals surface area contributed by atoms with Gasteiger partial charge in [-0.3, -0.25) is 4.79 Å². The van der Waals surface area contributed by atoms with Crippen LogP contribution < -0.4 is 5.32 Å². The number of amides is 2. The van der Waals surface area contributed by atoms with Crippen molar-refractivity contribution in [3.05, 3.63) is 18.2 Å². The zero-order valence-corrected chi connectivity index (χ0v) is 11.7. The highest BCUT2D eigenvalue weighted by atomic mass is 16.4. The van der Waals surface area contributed by atoms with E-state index in [0.29, 0.717) is 25.2 Å². The van der Waals surface area contributed by atoms with Gasteiger partial charge in [-0.25, -0.2) is 9.78 Å². The minimum absolute atomic E-state index is 0.0753. The first-order chi connectivity index (χ1) is 9.49. The van der Waals surface area contributed by atoms with E-state index in [4.69, 9.17) is 5.11 Å². The standard InChI is InChI=1S/C13H20N4O3/c1-8-7-10(12(18)19)3-6-17(8)13(20)16-9(2)11-14-4-5-15-11/h4-5,8-10H,3,6-7H2,1-2H3,(H,14,15)(H,16,20)(H,18,19). The molecule has 1 aliphatic heterocycles. The van der Waals surface area contributed by atoms with Gasteiger partial charge in [0.05, 0.1) is 12.0 Å². The van der Waals surface area contributed by atoms with Crippen molar-refractivity contribution in [2.75, 3.05) is 6.54 Å². The Labute approximate surface area is 117 Å². The second kappa shape index (κ2) is 5.94. The Morgan fingerprint density at radius 1 is 1.60 bits per heavy atom. The molecule has 2 rings (SSSR count). The van der Waals surface area contributed by atoms with Crippen LogP contribution in [0.5, 0.6) is 0 Å². The largest absolute Gasteiger partial charge is 0.481 e. The number of carboxylic acid groups (broad SMARTS) is 1. The average molecular weight is 280 g/mol.